The van der Waals surface area contributed by atoms with Gasteiger partial charge in [0, 0.05) is 23.2 Å². The number of ether oxygens (including phenoxy) is 2. The van der Waals surface area contributed by atoms with Crippen molar-refractivity contribution in [2.45, 2.75) is 19.1 Å². The van der Waals surface area contributed by atoms with E-state index in [4.69, 9.17) is 25.2 Å². The van der Waals surface area contributed by atoms with Crippen LogP contribution in [0.1, 0.15) is 29.2 Å². The maximum absolute atomic E-state index is 14.6. The number of halogens is 1. The molecule has 0 saturated carbocycles. The van der Waals surface area contributed by atoms with Crippen molar-refractivity contribution < 1.29 is 28.6 Å². The van der Waals surface area contributed by atoms with Crippen molar-refractivity contribution in [1.29, 1.82) is 0 Å². The van der Waals surface area contributed by atoms with Gasteiger partial charge in [0.05, 0.1) is 6.42 Å². The number of carboxylic acids is 1. The molecule has 0 aromatic heterocycles. The maximum atomic E-state index is 14.6. The minimum atomic E-state index is -0.965. The van der Waals surface area contributed by atoms with Crippen LogP contribution in [0.3, 0.4) is 0 Å². The highest BCUT2D eigenvalue weighted by atomic mass is 19.1. The summed E-state index contributed by atoms with van der Waals surface area (Å²) in [7, 11) is 1.45. The lowest BCUT2D eigenvalue weighted by Gasteiger charge is -2.12. The molecule has 0 radical (unpaired) electrons. The SMILES string of the molecule is CO/N=C(\COc1ccc(COc2ccc(C(N)CC(=O)O)cc2)c(F)c1)c1ccccc1. The van der Waals surface area contributed by atoms with Gasteiger partial charge in [-0.3, -0.25) is 4.79 Å². The zero-order valence-electron chi connectivity index (χ0n) is 18.1. The summed E-state index contributed by atoms with van der Waals surface area (Å²) in [5.41, 5.74) is 8.32. The molecule has 0 fully saturated rings. The van der Waals surface area contributed by atoms with Crippen LogP contribution in [-0.4, -0.2) is 30.5 Å². The average molecular weight is 452 g/mol. The van der Waals surface area contributed by atoms with Crippen LogP contribution in [0, 0.1) is 5.82 Å². The van der Waals surface area contributed by atoms with E-state index < -0.39 is 17.8 Å². The molecule has 0 aliphatic carbocycles. The lowest BCUT2D eigenvalue weighted by molar-refractivity contribution is -0.137. The summed E-state index contributed by atoms with van der Waals surface area (Å²) >= 11 is 0. The Morgan fingerprint density at radius 1 is 1.03 bits per heavy atom. The van der Waals surface area contributed by atoms with Crippen molar-refractivity contribution in [3.63, 3.8) is 0 Å². The molecular weight excluding hydrogens is 427 g/mol. The van der Waals surface area contributed by atoms with Gasteiger partial charge < -0.3 is 25.2 Å². The number of carboxylic acid groups (broad SMARTS) is 1. The molecule has 7 nitrogen and oxygen atoms in total. The molecule has 0 heterocycles. The van der Waals surface area contributed by atoms with Gasteiger partial charge in [-0.1, -0.05) is 47.6 Å². The smallest absolute Gasteiger partial charge is 0.305 e. The lowest BCUT2D eigenvalue weighted by Crippen LogP contribution is -2.14. The molecule has 0 bridgehead atoms. The van der Waals surface area contributed by atoms with Crippen molar-refractivity contribution in [2.24, 2.45) is 10.9 Å². The Hall–Kier alpha value is -3.91. The molecule has 172 valence electrons. The Morgan fingerprint density at radius 3 is 2.36 bits per heavy atom. The molecule has 3 aromatic rings. The summed E-state index contributed by atoms with van der Waals surface area (Å²) in [4.78, 5) is 15.7. The summed E-state index contributed by atoms with van der Waals surface area (Å²) in [6.07, 6.45) is -0.163. The fraction of sp³-hybridized carbons (Fsp3) is 0.200. The lowest BCUT2D eigenvalue weighted by atomic mass is 10.0. The van der Waals surface area contributed by atoms with Crippen molar-refractivity contribution in [2.75, 3.05) is 13.7 Å². The topological polar surface area (TPSA) is 103 Å². The number of carbonyl (C=O) groups is 1. The van der Waals surface area contributed by atoms with E-state index in [2.05, 4.69) is 5.16 Å². The molecule has 1 unspecified atom stereocenters. The standard InChI is InChI=1S/C25H25FN2O5/c1-31-28-24(18-5-3-2-4-6-18)16-33-21-12-9-19(22(26)13-21)15-32-20-10-7-17(8-11-20)23(27)14-25(29)30/h2-13,23H,14-16,27H2,1H3,(H,29,30)/b28-24+. The van der Waals surface area contributed by atoms with Crippen LogP contribution >= 0.6 is 0 Å². The number of rotatable bonds is 11. The minimum Gasteiger partial charge on any atom is -0.489 e. The van der Waals surface area contributed by atoms with Crippen molar-refractivity contribution in [3.05, 3.63) is 95.3 Å². The molecule has 0 aliphatic heterocycles. The van der Waals surface area contributed by atoms with E-state index in [1.54, 1.807) is 36.4 Å². The summed E-state index contributed by atoms with van der Waals surface area (Å²) < 4.78 is 25.9. The summed E-state index contributed by atoms with van der Waals surface area (Å²) in [5.74, 6) is -0.553. The highest BCUT2D eigenvalue weighted by Gasteiger charge is 2.12. The van der Waals surface area contributed by atoms with E-state index in [-0.39, 0.29) is 19.6 Å². The van der Waals surface area contributed by atoms with Crippen molar-refractivity contribution >= 4 is 11.7 Å². The fourth-order valence-electron chi connectivity index (χ4n) is 3.07. The molecule has 8 heteroatoms. The first-order chi connectivity index (χ1) is 16.0. The predicted molar refractivity (Wildman–Crippen MR) is 122 cm³/mol. The fourth-order valence-corrected chi connectivity index (χ4v) is 3.07. The van der Waals surface area contributed by atoms with E-state index in [9.17, 15) is 9.18 Å². The van der Waals surface area contributed by atoms with Gasteiger partial charge in [0.15, 0.2) is 0 Å². The molecule has 33 heavy (non-hydrogen) atoms. The predicted octanol–water partition coefficient (Wildman–Crippen LogP) is 4.31. The van der Waals surface area contributed by atoms with Gasteiger partial charge in [-0.15, -0.1) is 0 Å². The van der Waals surface area contributed by atoms with Crippen LogP contribution in [-0.2, 0) is 16.2 Å². The Balaban J connectivity index is 1.57. The number of hydrogen-bond acceptors (Lipinski definition) is 6. The molecule has 0 amide bonds. The molecule has 1 atom stereocenters. The second-order valence-corrected chi connectivity index (χ2v) is 7.19. The van der Waals surface area contributed by atoms with Gasteiger partial charge >= 0.3 is 5.97 Å². The van der Waals surface area contributed by atoms with Gasteiger partial charge in [0.2, 0.25) is 0 Å². The van der Waals surface area contributed by atoms with Crippen LogP contribution < -0.4 is 15.2 Å². The highest BCUT2D eigenvalue weighted by Crippen LogP contribution is 2.22. The second kappa shape index (κ2) is 11.6. The Bertz CT molecular complexity index is 1090. The van der Waals surface area contributed by atoms with Crippen LogP contribution in [0.5, 0.6) is 11.5 Å². The Morgan fingerprint density at radius 2 is 1.73 bits per heavy atom. The molecule has 0 saturated heterocycles. The highest BCUT2D eigenvalue weighted by molar-refractivity contribution is 6.01. The van der Waals surface area contributed by atoms with Crippen molar-refractivity contribution in [3.8, 4) is 11.5 Å². The number of oxime groups is 1. The third kappa shape index (κ3) is 7.05. The molecule has 0 spiro atoms. The van der Waals surface area contributed by atoms with Crippen LogP contribution in [0.15, 0.2) is 78.0 Å². The largest absolute Gasteiger partial charge is 0.489 e. The molecule has 3 N–H and O–H groups in total. The average Bonchev–Trinajstić information content (AvgIpc) is 2.81. The number of nitrogens with two attached hydrogens (primary N) is 1. The van der Waals surface area contributed by atoms with Crippen LogP contribution in [0.4, 0.5) is 4.39 Å². The normalized spacial score (nSPS) is 12.2. The number of aliphatic carboxylic acids is 1. The van der Waals surface area contributed by atoms with Gasteiger partial charge in [-0.25, -0.2) is 4.39 Å². The number of hydrogen-bond donors (Lipinski definition) is 2. The summed E-state index contributed by atoms with van der Waals surface area (Å²) in [5, 5.41) is 12.8. The first-order valence-corrected chi connectivity index (χ1v) is 10.2. The van der Waals surface area contributed by atoms with E-state index in [1.165, 1.54) is 13.2 Å². The quantitative estimate of drug-likeness (QED) is 0.332. The Kier molecular flexibility index (Phi) is 8.37. The first kappa shape index (κ1) is 23.7. The summed E-state index contributed by atoms with van der Waals surface area (Å²) in [6, 6.07) is 20.1. The van der Waals surface area contributed by atoms with Crippen molar-refractivity contribution in [1.82, 2.24) is 0 Å². The third-order valence-electron chi connectivity index (χ3n) is 4.81. The monoisotopic (exact) mass is 452 g/mol. The number of benzene rings is 3. The second-order valence-electron chi connectivity index (χ2n) is 7.19. The minimum absolute atomic E-state index is 0.0209. The zero-order valence-corrected chi connectivity index (χ0v) is 18.1. The van der Waals surface area contributed by atoms with Crippen LogP contribution in [0.2, 0.25) is 0 Å². The van der Waals surface area contributed by atoms with E-state index in [1.807, 2.05) is 30.3 Å². The first-order valence-electron chi connectivity index (χ1n) is 10.2. The number of nitrogens with zero attached hydrogens (tertiary/aromatic N) is 1. The molecular formula is C25H25FN2O5. The van der Waals surface area contributed by atoms with Gasteiger partial charge in [-0.05, 0) is 29.8 Å². The molecule has 3 rings (SSSR count). The van der Waals surface area contributed by atoms with E-state index in [0.29, 0.717) is 28.3 Å². The third-order valence-corrected chi connectivity index (χ3v) is 4.81. The van der Waals surface area contributed by atoms with Gasteiger partial charge in [-0.2, -0.15) is 0 Å². The summed E-state index contributed by atoms with van der Waals surface area (Å²) in [6.45, 7) is 0.135. The zero-order chi connectivity index (χ0) is 23.6. The van der Waals surface area contributed by atoms with E-state index >= 15 is 0 Å². The van der Waals surface area contributed by atoms with Gasteiger partial charge in [0.1, 0.15) is 43.4 Å². The Labute approximate surface area is 191 Å². The van der Waals surface area contributed by atoms with E-state index in [0.717, 1.165) is 5.56 Å². The van der Waals surface area contributed by atoms with Crippen LogP contribution in [0.25, 0.3) is 0 Å². The molecule has 0 aliphatic rings. The maximum Gasteiger partial charge on any atom is 0.305 e. The molecule has 3 aromatic carbocycles. The van der Waals surface area contributed by atoms with Gasteiger partial charge in [0.25, 0.3) is 0 Å².